The second-order valence-electron chi connectivity index (χ2n) is 5.80. The van der Waals surface area contributed by atoms with Crippen molar-refractivity contribution in [3.05, 3.63) is 44.9 Å². The molecule has 0 saturated carbocycles. The molecule has 0 spiro atoms. The van der Waals surface area contributed by atoms with Crippen molar-refractivity contribution in [2.75, 3.05) is 0 Å². The summed E-state index contributed by atoms with van der Waals surface area (Å²) in [4.78, 5) is 28.3. The van der Waals surface area contributed by atoms with Crippen LogP contribution in [0.1, 0.15) is 34.2 Å². The summed E-state index contributed by atoms with van der Waals surface area (Å²) >= 11 is 7.01. The van der Waals surface area contributed by atoms with Gasteiger partial charge in [-0.15, -0.1) is 11.3 Å². The van der Waals surface area contributed by atoms with E-state index in [0.717, 1.165) is 0 Å². The number of thiazole rings is 1. The first-order valence-corrected chi connectivity index (χ1v) is 8.85. The van der Waals surface area contributed by atoms with Crippen LogP contribution >= 0.6 is 22.9 Å². The highest BCUT2D eigenvalue weighted by molar-refractivity contribution is 7.13. The van der Waals surface area contributed by atoms with Crippen molar-refractivity contribution in [2.45, 2.75) is 33.4 Å². The first-order valence-electron chi connectivity index (χ1n) is 7.66. The first-order chi connectivity index (χ1) is 11.8. The Hall–Kier alpha value is -2.12. The zero-order chi connectivity index (χ0) is 18.6. The van der Waals surface area contributed by atoms with Crippen LogP contribution in [0.2, 0.25) is 5.02 Å². The molecule has 134 valence electrons. The van der Waals surface area contributed by atoms with Gasteiger partial charge in [-0.2, -0.15) is 0 Å². The molecule has 2 rings (SSSR count). The number of carboxylic acid groups (broad SMARTS) is 1. The van der Waals surface area contributed by atoms with Crippen molar-refractivity contribution in [2.24, 2.45) is 5.92 Å². The highest BCUT2D eigenvalue weighted by Gasteiger charge is 2.26. The summed E-state index contributed by atoms with van der Waals surface area (Å²) in [5.41, 5.74) is 0.546. The Kier molecular flexibility index (Phi) is 6.39. The van der Waals surface area contributed by atoms with E-state index >= 15 is 0 Å². The molecule has 1 amide bonds. The van der Waals surface area contributed by atoms with Gasteiger partial charge in [-0.25, -0.2) is 9.78 Å². The molecule has 6 nitrogen and oxygen atoms in total. The number of carbonyl (C=O) groups excluding carboxylic acids is 1. The molecule has 0 fully saturated rings. The number of halogens is 1. The molecule has 0 saturated heterocycles. The van der Waals surface area contributed by atoms with Crippen molar-refractivity contribution >= 4 is 34.8 Å². The van der Waals surface area contributed by atoms with E-state index in [1.807, 2.05) is 0 Å². The Labute approximate surface area is 154 Å². The molecule has 1 aromatic heterocycles. The molecule has 1 aromatic carbocycles. The van der Waals surface area contributed by atoms with Crippen LogP contribution in [0.15, 0.2) is 24.3 Å². The van der Waals surface area contributed by atoms with Gasteiger partial charge >= 0.3 is 5.97 Å². The zero-order valence-electron chi connectivity index (χ0n) is 14.1. The number of nitrogens with zero attached hydrogens (tertiary/aromatic N) is 1. The van der Waals surface area contributed by atoms with E-state index in [-0.39, 0.29) is 12.5 Å². The largest absolute Gasteiger partial charge is 0.486 e. The summed E-state index contributed by atoms with van der Waals surface area (Å²) in [6.45, 7) is 5.41. The summed E-state index contributed by atoms with van der Waals surface area (Å²) in [6.07, 6.45) is 0. The van der Waals surface area contributed by atoms with Gasteiger partial charge in [0.05, 0.1) is 5.69 Å². The monoisotopic (exact) mass is 382 g/mol. The standard InChI is InChI=1S/C17H19ClN2O4S/c1-9(2)14(17(22)23)20-16(21)15-10(3)19-13(25-15)8-24-12-6-4-11(18)5-7-12/h4-7,9,14H,8H2,1-3H3,(H,20,21)(H,22,23)/t14-/m1/s1. The molecule has 0 bridgehead atoms. The van der Waals surface area contributed by atoms with Crippen LogP contribution in [-0.2, 0) is 11.4 Å². The molecule has 2 N–H and O–H groups in total. The third kappa shape index (κ3) is 5.17. The number of aryl methyl sites for hydroxylation is 1. The highest BCUT2D eigenvalue weighted by atomic mass is 35.5. The third-order valence-electron chi connectivity index (χ3n) is 3.44. The van der Waals surface area contributed by atoms with Crippen LogP contribution in [0, 0.1) is 12.8 Å². The molecule has 0 aliphatic rings. The summed E-state index contributed by atoms with van der Waals surface area (Å²) in [7, 11) is 0. The smallest absolute Gasteiger partial charge is 0.326 e. The molecule has 25 heavy (non-hydrogen) atoms. The number of nitrogens with one attached hydrogen (secondary N) is 1. The fourth-order valence-corrected chi connectivity index (χ4v) is 3.13. The van der Waals surface area contributed by atoms with Gasteiger partial charge in [-0.1, -0.05) is 25.4 Å². The second kappa shape index (κ2) is 8.31. The fraction of sp³-hybridized carbons (Fsp3) is 0.353. The van der Waals surface area contributed by atoms with Crippen LogP contribution < -0.4 is 10.1 Å². The van der Waals surface area contributed by atoms with Crippen LogP contribution in [0.4, 0.5) is 0 Å². The van der Waals surface area contributed by atoms with E-state index in [0.29, 0.717) is 26.4 Å². The molecule has 2 aromatic rings. The maximum atomic E-state index is 12.4. The summed E-state index contributed by atoms with van der Waals surface area (Å²) < 4.78 is 5.62. The lowest BCUT2D eigenvalue weighted by molar-refractivity contribution is -0.140. The second-order valence-corrected chi connectivity index (χ2v) is 7.32. The van der Waals surface area contributed by atoms with Gasteiger partial charge in [0.1, 0.15) is 28.3 Å². The molecule has 1 atom stereocenters. The van der Waals surface area contributed by atoms with Gasteiger partial charge in [-0.3, -0.25) is 4.79 Å². The fourth-order valence-electron chi connectivity index (χ4n) is 2.12. The van der Waals surface area contributed by atoms with E-state index < -0.39 is 17.9 Å². The number of benzene rings is 1. The number of carboxylic acids is 1. The molecule has 1 heterocycles. The summed E-state index contributed by atoms with van der Waals surface area (Å²) in [5, 5.41) is 13.0. The van der Waals surface area contributed by atoms with Crippen molar-refractivity contribution in [3.63, 3.8) is 0 Å². The lowest BCUT2D eigenvalue weighted by Gasteiger charge is -2.17. The average Bonchev–Trinajstić information content (AvgIpc) is 2.92. The SMILES string of the molecule is Cc1nc(COc2ccc(Cl)cc2)sc1C(=O)N[C@@H](C(=O)O)C(C)C. The Bertz CT molecular complexity index is 759. The molecule has 0 radical (unpaired) electrons. The van der Waals surface area contributed by atoms with E-state index in [9.17, 15) is 14.7 Å². The number of amides is 1. The Balaban J connectivity index is 2.04. The maximum Gasteiger partial charge on any atom is 0.326 e. The van der Waals surface area contributed by atoms with Crippen molar-refractivity contribution < 1.29 is 19.4 Å². The van der Waals surface area contributed by atoms with E-state index in [1.54, 1.807) is 45.0 Å². The number of hydrogen-bond acceptors (Lipinski definition) is 5. The van der Waals surface area contributed by atoms with Crippen LogP contribution in [0.3, 0.4) is 0 Å². The lowest BCUT2D eigenvalue weighted by atomic mass is 10.0. The zero-order valence-corrected chi connectivity index (χ0v) is 15.6. The number of rotatable bonds is 7. The van der Waals surface area contributed by atoms with Gasteiger partial charge in [0, 0.05) is 5.02 Å². The van der Waals surface area contributed by atoms with Crippen LogP contribution in [-0.4, -0.2) is 28.0 Å². The molecular formula is C17H19ClN2O4S. The average molecular weight is 383 g/mol. The first kappa shape index (κ1) is 19.2. The lowest BCUT2D eigenvalue weighted by Crippen LogP contribution is -2.44. The molecule has 0 unspecified atom stereocenters. The molecule has 8 heteroatoms. The predicted octanol–water partition coefficient (Wildman–Crippen LogP) is 3.52. The minimum atomic E-state index is -1.06. The summed E-state index contributed by atoms with van der Waals surface area (Å²) in [6, 6.07) is 6.00. The van der Waals surface area contributed by atoms with Crippen LogP contribution in [0.25, 0.3) is 0 Å². The quantitative estimate of drug-likeness (QED) is 0.764. The highest BCUT2D eigenvalue weighted by Crippen LogP contribution is 2.22. The van der Waals surface area contributed by atoms with Crippen molar-refractivity contribution in [3.8, 4) is 5.75 Å². The van der Waals surface area contributed by atoms with E-state index in [2.05, 4.69) is 10.3 Å². The van der Waals surface area contributed by atoms with Crippen LogP contribution in [0.5, 0.6) is 5.75 Å². The number of ether oxygens (including phenoxy) is 1. The van der Waals surface area contributed by atoms with Gasteiger partial charge in [-0.05, 0) is 37.1 Å². The van der Waals surface area contributed by atoms with Gasteiger partial charge < -0.3 is 15.2 Å². The van der Waals surface area contributed by atoms with Gasteiger partial charge in [0.2, 0.25) is 0 Å². The molecule has 0 aliphatic carbocycles. The van der Waals surface area contributed by atoms with Crippen molar-refractivity contribution in [1.82, 2.24) is 10.3 Å². The summed E-state index contributed by atoms with van der Waals surface area (Å²) in [5.74, 6) is -1.07. The minimum Gasteiger partial charge on any atom is -0.486 e. The molecule has 0 aliphatic heterocycles. The number of aliphatic carboxylic acids is 1. The number of aromatic nitrogens is 1. The topological polar surface area (TPSA) is 88.5 Å². The Morgan fingerprint density at radius 3 is 2.52 bits per heavy atom. The molecular weight excluding hydrogens is 364 g/mol. The Morgan fingerprint density at radius 1 is 1.32 bits per heavy atom. The maximum absolute atomic E-state index is 12.4. The predicted molar refractivity (Wildman–Crippen MR) is 96.4 cm³/mol. The normalized spacial score (nSPS) is 12.0. The minimum absolute atomic E-state index is 0.215. The van der Waals surface area contributed by atoms with Gasteiger partial charge in [0.15, 0.2) is 0 Å². The van der Waals surface area contributed by atoms with E-state index in [4.69, 9.17) is 16.3 Å². The van der Waals surface area contributed by atoms with Gasteiger partial charge in [0.25, 0.3) is 5.91 Å². The number of carbonyl (C=O) groups is 2. The van der Waals surface area contributed by atoms with Crippen molar-refractivity contribution in [1.29, 1.82) is 0 Å². The Morgan fingerprint density at radius 2 is 1.96 bits per heavy atom. The van der Waals surface area contributed by atoms with E-state index in [1.165, 1.54) is 11.3 Å². The number of hydrogen-bond donors (Lipinski definition) is 2. The third-order valence-corrected chi connectivity index (χ3v) is 4.82.